The second-order valence-corrected chi connectivity index (χ2v) is 8.13. The molecular weight excluding hydrogens is 352 g/mol. The summed E-state index contributed by atoms with van der Waals surface area (Å²) in [4.78, 5) is 24.9. The molecule has 1 unspecified atom stereocenters. The maximum Gasteiger partial charge on any atom is 0.329 e. The molecule has 1 saturated carbocycles. The van der Waals surface area contributed by atoms with Gasteiger partial charge in [0.25, 0.3) is 0 Å². The molecule has 1 aromatic carbocycles. The van der Waals surface area contributed by atoms with E-state index in [4.69, 9.17) is 9.72 Å². The van der Waals surface area contributed by atoms with Gasteiger partial charge < -0.3 is 4.74 Å². The van der Waals surface area contributed by atoms with E-state index in [9.17, 15) is 4.79 Å². The lowest BCUT2D eigenvalue weighted by atomic mass is 9.99. The van der Waals surface area contributed by atoms with Crippen LogP contribution in [0.15, 0.2) is 29.2 Å². The van der Waals surface area contributed by atoms with Gasteiger partial charge >= 0.3 is 5.69 Å². The third-order valence-corrected chi connectivity index (χ3v) is 6.08. The van der Waals surface area contributed by atoms with Gasteiger partial charge in [0.1, 0.15) is 5.75 Å². The normalized spacial score (nSPS) is 16.2. The monoisotopic (exact) mass is 380 g/mol. The Kier molecular flexibility index (Phi) is 4.96. The summed E-state index contributed by atoms with van der Waals surface area (Å²) in [7, 11) is 1.66. The summed E-state index contributed by atoms with van der Waals surface area (Å²) >= 11 is 0. The molecule has 0 radical (unpaired) electrons. The number of imidazole rings is 1. The Morgan fingerprint density at radius 1 is 1.21 bits per heavy atom. The van der Waals surface area contributed by atoms with Gasteiger partial charge in [-0.05, 0) is 49.3 Å². The Hall–Kier alpha value is -2.63. The van der Waals surface area contributed by atoms with Crippen molar-refractivity contribution in [2.45, 2.75) is 58.4 Å². The fourth-order valence-corrected chi connectivity index (χ4v) is 4.34. The van der Waals surface area contributed by atoms with E-state index in [-0.39, 0.29) is 11.7 Å². The summed E-state index contributed by atoms with van der Waals surface area (Å²) in [5.74, 6) is 1.67. The van der Waals surface area contributed by atoms with Crippen LogP contribution in [-0.4, -0.2) is 26.6 Å². The van der Waals surface area contributed by atoms with Crippen molar-refractivity contribution < 1.29 is 4.74 Å². The predicted molar refractivity (Wildman–Crippen MR) is 111 cm³/mol. The van der Waals surface area contributed by atoms with Gasteiger partial charge in [0.2, 0.25) is 0 Å². The molecule has 0 amide bonds. The molecule has 28 heavy (non-hydrogen) atoms. The van der Waals surface area contributed by atoms with Crippen molar-refractivity contribution in [2.75, 3.05) is 7.11 Å². The number of rotatable bonds is 5. The van der Waals surface area contributed by atoms with E-state index in [0.717, 1.165) is 29.8 Å². The van der Waals surface area contributed by atoms with E-state index in [2.05, 4.69) is 42.9 Å². The Morgan fingerprint density at radius 3 is 2.64 bits per heavy atom. The van der Waals surface area contributed by atoms with Crippen LogP contribution in [0.2, 0.25) is 0 Å². The molecule has 1 aliphatic carbocycles. The SMILES string of the molecule is COc1ccc(C(C)C)cc1-c1cnc2[nH]c(=O)n(C(C)C3CCCC3)c2n1. The third kappa shape index (κ3) is 3.21. The first-order valence-electron chi connectivity index (χ1n) is 10.1. The van der Waals surface area contributed by atoms with Gasteiger partial charge in [-0.2, -0.15) is 0 Å². The highest BCUT2D eigenvalue weighted by Gasteiger charge is 2.26. The highest BCUT2D eigenvalue weighted by atomic mass is 16.5. The standard InChI is InChI=1S/C22H28N4O2/c1-13(2)16-9-10-19(28-4)17(11-16)18-12-23-20-21(24-18)26(22(27)25-20)14(3)15-7-5-6-8-15/h9-15H,5-8H2,1-4H3,(H,23,25,27). The van der Waals surface area contributed by atoms with Crippen LogP contribution in [0.1, 0.15) is 64.0 Å². The molecule has 0 aliphatic heterocycles. The molecule has 0 saturated heterocycles. The third-order valence-electron chi connectivity index (χ3n) is 6.08. The molecule has 6 heteroatoms. The van der Waals surface area contributed by atoms with E-state index in [0.29, 0.717) is 23.1 Å². The van der Waals surface area contributed by atoms with Crippen LogP contribution in [0, 0.1) is 5.92 Å². The number of nitrogens with one attached hydrogen (secondary N) is 1. The maximum absolute atomic E-state index is 12.7. The van der Waals surface area contributed by atoms with Crippen LogP contribution < -0.4 is 10.4 Å². The summed E-state index contributed by atoms with van der Waals surface area (Å²) < 4.78 is 7.36. The van der Waals surface area contributed by atoms with Crippen LogP contribution in [-0.2, 0) is 0 Å². The fourth-order valence-electron chi connectivity index (χ4n) is 4.34. The Labute approximate surface area is 165 Å². The highest BCUT2D eigenvalue weighted by Crippen LogP contribution is 2.35. The van der Waals surface area contributed by atoms with Crippen molar-refractivity contribution in [3.05, 3.63) is 40.4 Å². The minimum atomic E-state index is -0.130. The van der Waals surface area contributed by atoms with Gasteiger partial charge in [0.05, 0.1) is 19.0 Å². The summed E-state index contributed by atoms with van der Waals surface area (Å²) in [6.07, 6.45) is 6.52. The average Bonchev–Trinajstić information content (AvgIpc) is 3.33. The van der Waals surface area contributed by atoms with Crippen LogP contribution in [0.4, 0.5) is 0 Å². The molecule has 1 N–H and O–H groups in total. The smallest absolute Gasteiger partial charge is 0.329 e. The second kappa shape index (κ2) is 7.41. The number of nitrogens with zero attached hydrogens (tertiary/aromatic N) is 3. The summed E-state index contributed by atoms with van der Waals surface area (Å²) in [6, 6.07) is 6.27. The number of methoxy groups -OCH3 is 1. The molecule has 4 rings (SSSR count). The van der Waals surface area contributed by atoms with E-state index >= 15 is 0 Å². The van der Waals surface area contributed by atoms with Gasteiger partial charge in [-0.3, -0.25) is 9.55 Å². The topological polar surface area (TPSA) is 72.8 Å². The first-order valence-corrected chi connectivity index (χ1v) is 10.1. The molecule has 2 aromatic heterocycles. The molecule has 1 atom stereocenters. The average molecular weight is 380 g/mol. The number of ether oxygens (including phenoxy) is 1. The minimum absolute atomic E-state index is 0.109. The Morgan fingerprint density at radius 2 is 1.96 bits per heavy atom. The number of aromatic nitrogens is 4. The molecule has 6 nitrogen and oxygen atoms in total. The van der Waals surface area contributed by atoms with Crippen LogP contribution in [0.25, 0.3) is 22.6 Å². The first kappa shape index (κ1) is 18.7. The summed E-state index contributed by atoms with van der Waals surface area (Å²) in [6.45, 7) is 6.44. The summed E-state index contributed by atoms with van der Waals surface area (Å²) in [5.41, 5.74) is 3.87. The predicted octanol–water partition coefficient (Wildman–Crippen LogP) is 4.67. The van der Waals surface area contributed by atoms with Gasteiger partial charge in [-0.1, -0.05) is 32.8 Å². The molecular formula is C22H28N4O2. The number of fused-ring (bicyclic) bond motifs is 1. The largest absolute Gasteiger partial charge is 0.496 e. The van der Waals surface area contributed by atoms with Crippen LogP contribution >= 0.6 is 0 Å². The number of benzene rings is 1. The first-order chi connectivity index (χ1) is 13.5. The van der Waals surface area contributed by atoms with E-state index < -0.39 is 0 Å². The quantitative estimate of drug-likeness (QED) is 0.698. The maximum atomic E-state index is 12.7. The lowest BCUT2D eigenvalue weighted by molar-refractivity contribution is 0.360. The number of aromatic amines is 1. The lowest BCUT2D eigenvalue weighted by Crippen LogP contribution is -2.25. The van der Waals surface area contributed by atoms with E-state index in [1.54, 1.807) is 17.9 Å². The van der Waals surface area contributed by atoms with Crippen molar-refractivity contribution in [1.82, 2.24) is 19.5 Å². The van der Waals surface area contributed by atoms with E-state index in [1.807, 2.05) is 6.07 Å². The minimum Gasteiger partial charge on any atom is -0.496 e. The van der Waals surface area contributed by atoms with Gasteiger partial charge in [-0.15, -0.1) is 0 Å². The number of hydrogen-bond acceptors (Lipinski definition) is 4. The summed E-state index contributed by atoms with van der Waals surface area (Å²) in [5, 5.41) is 0. The molecule has 148 valence electrons. The number of hydrogen-bond donors (Lipinski definition) is 1. The highest BCUT2D eigenvalue weighted by molar-refractivity contribution is 5.74. The molecule has 0 bridgehead atoms. The number of H-pyrrole nitrogens is 1. The molecule has 1 aliphatic rings. The van der Waals surface area contributed by atoms with Crippen LogP contribution in [0.3, 0.4) is 0 Å². The lowest BCUT2D eigenvalue weighted by Gasteiger charge is -2.20. The van der Waals surface area contributed by atoms with Crippen molar-refractivity contribution in [3.63, 3.8) is 0 Å². The van der Waals surface area contributed by atoms with Crippen molar-refractivity contribution >= 4 is 11.3 Å². The zero-order valence-electron chi connectivity index (χ0n) is 17.0. The molecule has 0 spiro atoms. The molecule has 3 aromatic rings. The fraction of sp³-hybridized carbons (Fsp3) is 0.500. The van der Waals surface area contributed by atoms with Crippen molar-refractivity contribution in [3.8, 4) is 17.0 Å². The molecule has 1 fully saturated rings. The van der Waals surface area contributed by atoms with Crippen molar-refractivity contribution in [1.29, 1.82) is 0 Å². The van der Waals surface area contributed by atoms with Gasteiger partial charge in [0.15, 0.2) is 11.3 Å². The van der Waals surface area contributed by atoms with E-state index in [1.165, 1.54) is 18.4 Å². The Bertz CT molecular complexity index is 1040. The van der Waals surface area contributed by atoms with Crippen LogP contribution in [0.5, 0.6) is 5.75 Å². The van der Waals surface area contributed by atoms with Gasteiger partial charge in [0, 0.05) is 11.6 Å². The molecule has 2 heterocycles. The zero-order valence-corrected chi connectivity index (χ0v) is 17.0. The zero-order chi connectivity index (χ0) is 19.8. The van der Waals surface area contributed by atoms with Gasteiger partial charge in [-0.25, -0.2) is 14.8 Å². The van der Waals surface area contributed by atoms with Crippen molar-refractivity contribution in [2.24, 2.45) is 5.92 Å². The second-order valence-electron chi connectivity index (χ2n) is 8.13. The Balaban J connectivity index is 1.85.